The Morgan fingerprint density at radius 2 is 2.31 bits per heavy atom. The Bertz CT molecular complexity index is 440. The van der Waals surface area contributed by atoms with Gasteiger partial charge in [0.2, 0.25) is 6.10 Å². The standard InChI is InChI=1S/C10H11NO4S/c1-3-14-6-4-16-5(2)7(6)8-9(12)11-10(13)15-8/h4,8H,3H2,1-2H3,(H,11,12,13). The van der Waals surface area contributed by atoms with Crippen molar-refractivity contribution >= 4 is 23.3 Å². The van der Waals surface area contributed by atoms with Crippen LogP contribution in [0, 0.1) is 6.92 Å². The summed E-state index contributed by atoms with van der Waals surface area (Å²) in [7, 11) is 0. The Labute approximate surface area is 96.4 Å². The first-order chi connectivity index (χ1) is 7.63. The lowest BCUT2D eigenvalue weighted by molar-refractivity contribution is -0.123. The normalized spacial score (nSPS) is 19.5. The van der Waals surface area contributed by atoms with Crippen molar-refractivity contribution in [3.05, 3.63) is 15.8 Å². The predicted octanol–water partition coefficient (Wildman–Crippen LogP) is 1.76. The summed E-state index contributed by atoms with van der Waals surface area (Å²) in [6, 6.07) is 0. The van der Waals surface area contributed by atoms with E-state index in [2.05, 4.69) is 5.32 Å². The highest BCUT2D eigenvalue weighted by Crippen LogP contribution is 2.37. The van der Waals surface area contributed by atoms with Gasteiger partial charge in [0.25, 0.3) is 5.91 Å². The van der Waals surface area contributed by atoms with Crippen LogP contribution in [0.5, 0.6) is 5.75 Å². The zero-order valence-corrected chi connectivity index (χ0v) is 9.72. The highest BCUT2D eigenvalue weighted by atomic mass is 32.1. The first-order valence-corrected chi connectivity index (χ1v) is 5.73. The molecule has 0 saturated carbocycles. The minimum absolute atomic E-state index is 0.438. The number of ether oxygens (including phenoxy) is 2. The molecule has 2 heterocycles. The number of hydrogen-bond acceptors (Lipinski definition) is 5. The number of carbonyl (C=O) groups excluding carboxylic acids is 2. The number of hydrogen-bond donors (Lipinski definition) is 1. The number of imide groups is 1. The predicted molar refractivity (Wildman–Crippen MR) is 57.6 cm³/mol. The molecular formula is C10H11NO4S. The number of cyclic esters (lactones) is 1. The molecule has 0 bridgehead atoms. The van der Waals surface area contributed by atoms with Gasteiger partial charge in [-0.3, -0.25) is 10.1 Å². The van der Waals surface area contributed by atoms with E-state index in [4.69, 9.17) is 9.47 Å². The summed E-state index contributed by atoms with van der Waals surface area (Å²) in [5.41, 5.74) is 0.648. The van der Waals surface area contributed by atoms with Gasteiger partial charge < -0.3 is 9.47 Å². The van der Waals surface area contributed by atoms with Gasteiger partial charge in [0.15, 0.2) is 0 Å². The van der Waals surface area contributed by atoms with Crippen LogP contribution in [-0.4, -0.2) is 18.6 Å². The van der Waals surface area contributed by atoms with Gasteiger partial charge in [-0.2, -0.15) is 0 Å². The van der Waals surface area contributed by atoms with Crippen molar-refractivity contribution in [1.82, 2.24) is 5.32 Å². The Balaban J connectivity index is 2.35. The number of nitrogens with one attached hydrogen (secondary N) is 1. The van der Waals surface area contributed by atoms with Crippen LogP contribution >= 0.6 is 11.3 Å². The molecule has 16 heavy (non-hydrogen) atoms. The van der Waals surface area contributed by atoms with E-state index in [9.17, 15) is 9.59 Å². The molecule has 1 aliphatic rings. The Kier molecular flexibility index (Phi) is 2.82. The maximum atomic E-state index is 11.5. The molecule has 1 aromatic rings. The van der Waals surface area contributed by atoms with Crippen LogP contribution in [0.3, 0.4) is 0 Å². The summed E-state index contributed by atoms with van der Waals surface area (Å²) in [5.74, 6) is 0.173. The Morgan fingerprint density at radius 3 is 2.88 bits per heavy atom. The van der Waals surface area contributed by atoms with Gasteiger partial charge in [-0.05, 0) is 13.8 Å². The van der Waals surface area contributed by atoms with Crippen molar-refractivity contribution in [1.29, 1.82) is 0 Å². The van der Waals surface area contributed by atoms with E-state index in [0.29, 0.717) is 17.9 Å². The van der Waals surface area contributed by atoms with Gasteiger partial charge >= 0.3 is 6.09 Å². The highest BCUT2D eigenvalue weighted by Gasteiger charge is 2.37. The molecule has 2 amide bonds. The van der Waals surface area contributed by atoms with Gasteiger partial charge in [-0.1, -0.05) is 0 Å². The lowest BCUT2D eigenvalue weighted by atomic mass is 10.1. The zero-order chi connectivity index (χ0) is 11.7. The van der Waals surface area contributed by atoms with Crippen molar-refractivity contribution in [2.75, 3.05) is 6.61 Å². The number of amides is 2. The minimum Gasteiger partial charge on any atom is -0.493 e. The maximum Gasteiger partial charge on any atom is 0.415 e. The number of carbonyl (C=O) groups is 2. The molecule has 5 nitrogen and oxygen atoms in total. The Hall–Kier alpha value is -1.56. The summed E-state index contributed by atoms with van der Waals surface area (Å²) in [6.07, 6.45) is -1.58. The molecule has 1 fully saturated rings. The average Bonchev–Trinajstić information content (AvgIpc) is 2.71. The lowest BCUT2D eigenvalue weighted by Gasteiger charge is -2.09. The van der Waals surface area contributed by atoms with Gasteiger partial charge in [-0.25, -0.2) is 4.79 Å². The van der Waals surface area contributed by atoms with Crippen LogP contribution in [0.2, 0.25) is 0 Å². The molecule has 0 aromatic carbocycles. The summed E-state index contributed by atoms with van der Waals surface area (Å²) in [5, 5.41) is 3.91. The topological polar surface area (TPSA) is 64.6 Å². The molecule has 6 heteroatoms. The second-order valence-electron chi connectivity index (χ2n) is 3.28. The maximum absolute atomic E-state index is 11.5. The summed E-state index contributed by atoms with van der Waals surface area (Å²) in [4.78, 5) is 23.3. The third kappa shape index (κ3) is 1.76. The molecule has 1 atom stereocenters. The Morgan fingerprint density at radius 1 is 1.56 bits per heavy atom. The first-order valence-electron chi connectivity index (χ1n) is 4.85. The van der Waals surface area contributed by atoms with Crippen LogP contribution in [-0.2, 0) is 9.53 Å². The van der Waals surface area contributed by atoms with E-state index in [0.717, 1.165) is 4.88 Å². The third-order valence-electron chi connectivity index (χ3n) is 2.24. The van der Waals surface area contributed by atoms with Crippen molar-refractivity contribution in [2.24, 2.45) is 0 Å². The molecule has 1 N–H and O–H groups in total. The summed E-state index contributed by atoms with van der Waals surface area (Å²) < 4.78 is 10.3. The molecule has 0 aliphatic carbocycles. The molecule has 1 aliphatic heterocycles. The van der Waals surface area contributed by atoms with E-state index in [1.54, 1.807) is 0 Å². The largest absolute Gasteiger partial charge is 0.493 e. The molecule has 0 radical (unpaired) electrons. The van der Waals surface area contributed by atoms with Crippen LogP contribution in [0.15, 0.2) is 5.38 Å². The quantitative estimate of drug-likeness (QED) is 0.875. The van der Waals surface area contributed by atoms with E-state index in [1.807, 2.05) is 19.2 Å². The minimum atomic E-state index is -0.875. The molecule has 1 saturated heterocycles. The highest BCUT2D eigenvalue weighted by molar-refractivity contribution is 7.10. The molecular weight excluding hydrogens is 230 g/mol. The van der Waals surface area contributed by atoms with Gasteiger partial charge in [0.1, 0.15) is 5.75 Å². The van der Waals surface area contributed by atoms with Crippen LogP contribution in [0.25, 0.3) is 0 Å². The molecule has 0 spiro atoms. The third-order valence-corrected chi connectivity index (χ3v) is 3.14. The number of thiophene rings is 1. The first kappa shape index (κ1) is 10.9. The van der Waals surface area contributed by atoms with E-state index in [1.165, 1.54) is 11.3 Å². The van der Waals surface area contributed by atoms with Crippen molar-refractivity contribution in [2.45, 2.75) is 20.0 Å². The number of alkyl carbamates (subject to hydrolysis) is 1. The van der Waals surface area contributed by atoms with Crippen LogP contribution in [0.1, 0.15) is 23.5 Å². The van der Waals surface area contributed by atoms with Gasteiger partial charge in [-0.15, -0.1) is 11.3 Å². The van der Waals surface area contributed by atoms with Gasteiger partial charge in [0.05, 0.1) is 12.2 Å². The fourth-order valence-corrected chi connectivity index (χ4v) is 2.38. The fourth-order valence-electron chi connectivity index (χ4n) is 1.57. The second kappa shape index (κ2) is 4.13. The second-order valence-corrected chi connectivity index (χ2v) is 4.36. The summed E-state index contributed by atoms with van der Waals surface area (Å²) >= 11 is 1.46. The van der Waals surface area contributed by atoms with E-state index in [-0.39, 0.29) is 0 Å². The molecule has 1 aromatic heterocycles. The average molecular weight is 241 g/mol. The zero-order valence-electron chi connectivity index (χ0n) is 8.90. The van der Waals surface area contributed by atoms with Crippen molar-refractivity contribution < 1.29 is 19.1 Å². The molecule has 2 rings (SSSR count). The van der Waals surface area contributed by atoms with E-state index >= 15 is 0 Å². The SMILES string of the molecule is CCOc1csc(C)c1C1OC(=O)NC1=O. The monoisotopic (exact) mass is 241 g/mol. The van der Waals surface area contributed by atoms with Crippen molar-refractivity contribution in [3.8, 4) is 5.75 Å². The van der Waals surface area contributed by atoms with Gasteiger partial charge in [0, 0.05) is 10.3 Å². The van der Waals surface area contributed by atoms with Crippen LogP contribution in [0.4, 0.5) is 4.79 Å². The molecule has 86 valence electrons. The van der Waals surface area contributed by atoms with Crippen LogP contribution < -0.4 is 10.1 Å². The number of aryl methyl sites for hydroxylation is 1. The fraction of sp³-hybridized carbons (Fsp3) is 0.400. The molecule has 1 unspecified atom stereocenters. The summed E-state index contributed by atoms with van der Waals surface area (Å²) in [6.45, 7) is 4.23. The van der Waals surface area contributed by atoms with E-state index < -0.39 is 18.1 Å². The number of rotatable bonds is 3. The smallest absolute Gasteiger partial charge is 0.415 e. The lowest BCUT2D eigenvalue weighted by Crippen LogP contribution is -2.20. The van der Waals surface area contributed by atoms with Crippen molar-refractivity contribution in [3.63, 3.8) is 0 Å².